The standard InChI is InChI=1S/C17H36O3Si/c1-14(2)21(15(3)4,16(5)6)20-13-9-8-10-17(19-7)11-12-18/h12,14-17H,8-11,13H2,1-7H3/t17-/m1/s1. The van der Waals surface area contributed by atoms with Crippen LogP contribution in [-0.4, -0.2) is 34.4 Å². The third-order valence-electron chi connectivity index (χ3n) is 4.67. The molecule has 0 amide bonds. The van der Waals surface area contributed by atoms with Crippen molar-refractivity contribution in [3.63, 3.8) is 0 Å². The summed E-state index contributed by atoms with van der Waals surface area (Å²) in [5.41, 5.74) is 1.91. The van der Waals surface area contributed by atoms with Crippen LogP contribution in [0, 0.1) is 0 Å². The number of ether oxygens (including phenoxy) is 1. The van der Waals surface area contributed by atoms with Gasteiger partial charge in [0.05, 0.1) is 6.10 Å². The maximum atomic E-state index is 10.5. The molecule has 0 N–H and O–H groups in total. The first-order chi connectivity index (χ1) is 9.82. The zero-order valence-electron chi connectivity index (χ0n) is 15.1. The Balaban J connectivity index is 4.30. The molecule has 0 aromatic carbocycles. The summed E-state index contributed by atoms with van der Waals surface area (Å²) in [6.45, 7) is 14.7. The molecule has 1 atom stereocenters. The van der Waals surface area contributed by atoms with E-state index in [4.69, 9.17) is 9.16 Å². The van der Waals surface area contributed by atoms with Gasteiger partial charge in [0, 0.05) is 20.1 Å². The van der Waals surface area contributed by atoms with Crippen molar-refractivity contribution in [2.45, 2.75) is 90.0 Å². The molecule has 0 aliphatic carbocycles. The molecule has 0 heterocycles. The van der Waals surface area contributed by atoms with Gasteiger partial charge in [0.15, 0.2) is 8.32 Å². The lowest BCUT2D eigenvalue weighted by Gasteiger charge is -2.42. The molecule has 0 spiro atoms. The molecule has 21 heavy (non-hydrogen) atoms. The Kier molecular flexibility index (Phi) is 10.4. The number of hydrogen-bond acceptors (Lipinski definition) is 3. The van der Waals surface area contributed by atoms with Gasteiger partial charge in [0.2, 0.25) is 0 Å². The molecule has 0 bridgehead atoms. The van der Waals surface area contributed by atoms with E-state index in [2.05, 4.69) is 41.5 Å². The van der Waals surface area contributed by atoms with Crippen LogP contribution in [0.4, 0.5) is 0 Å². The fourth-order valence-corrected chi connectivity index (χ4v) is 9.16. The second-order valence-corrected chi connectivity index (χ2v) is 12.4. The van der Waals surface area contributed by atoms with E-state index in [0.717, 1.165) is 32.2 Å². The van der Waals surface area contributed by atoms with Crippen molar-refractivity contribution in [3.05, 3.63) is 0 Å². The van der Waals surface area contributed by atoms with E-state index < -0.39 is 8.32 Å². The smallest absolute Gasteiger partial charge is 0.200 e. The third-order valence-corrected chi connectivity index (χ3v) is 10.8. The Hall–Kier alpha value is -0.193. The van der Waals surface area contributed by atoms with Gasteiger partial charge >= 0.3 is 0 Å². The van der Waals surface area contributed by atoms with E-state index in [9.17, 15) is 4.79 Å². The zero-order valence-corrected chi connectivity index (χ0v) is 16.1. The number of aldehydes is 1. The van der Waals surface area contributed by atoms with Gasteiger partial charge in [0.25, 0.3) is 0 Å². The third kappa shape index (κ3) is 6.21. The number of hydrogen-bond donors (Lipinski definition) is 0. The quantitative estimate of drug-likeness (QED) is 0.290. The summed E-state index contributed by atoms with van der Waals surface area (Å²) >= 11 is 0. The average Bonchev–Trinajstić information content (AvgIpc) is 2.40. The molecular weight excluding hydrogens is 280 g/mol. The van der Waals surface area contributed by atoms with Gasteiger partial charge in [-0.3, -0.25) is 0 Å². The van der Waals surface area contributed by atoms with Crippen LogP contribution < -0.4 is 0 Å². The summed E-state index contributed by atoms with van der Waals surface area (Å²) in [5.74, 6) is 0. The lowest BCUT2D eigenvalue weighted by Crippen LogP contribution is -2.47. The molecule has 0 radical (unpaired) electrons. The van der Waals surface area contributed by atoms with E-state index in [-0.39, 0.29) is 6.10 Å². The van der Waals surface area contributed by atoms with Crippen LogP contribution in [0.25, 0.3) is 0 Å². The summed E-state index contributed by atoms with van der Waals surface area (Å²) in [6.07, 6.45) is 4.58. The maximum Gasteiger partial charge on any atom is 0.200 e. The minimum absolute atomic E-state index is 0.0739. The van der Waals surface area contributed by atoms with E-state index in [0.29, 0.717) is 23.0 Å². The summed E-state index contributed by atoms with van der Waals surface area (Å²) in [4.78, 5) is 10.5. The van der Waals surface area contributed by atoms with E-state index in [1.807, 2.05) is 0 Å². The molecule has 0 saturated carbocycles. The van der Waals surface area contributed by atoms with E-state index in [1.165, 1.54) is 0 Å². The van der Waals surface area contributed by atoms with Crippen molar-refractivity contribution < 1.29 is 14.0 Å². The summed E-state index contributed by atoms with van der Waals surface area (Å²) < 4.78 is 11.8. The maximum absolute atomic E-state index is 10.5. The van der Waals surface area contributed by atoms with Crippen LogP contribution in [0.2, 0.25) is 16.6 Å². The predicted octanol–water partition coefficient (Wildman–Crippen LogP) is 4.95. The molecule has 0 aromatic heterocycles. The molecule has 0 fully saturated rings. The highest BCUT2D eigenvalue weighted by atomic mass is 28.4. The Labute approximate surface area is 132 Å². The van der Waals surface area contributed by atoms with Crippen molar-refractivity contribution in [2.75, 3.05) is 13.7 Å². The first-order valence-electron chi connectivity index (χ1n) is 8.43. The van der Waals surface area contributed by atoms with Gasteiger partial charge < -0.3 is 14.0 Å². The largest absolute Gasteiger partial charge is 0.416 e. The molecule has 0 rings (SSSR count). The fourth-order valence-electron chi connectivity index (χ4n) is 3.66. The van der Waals surface area contributed by atoms with E-state index in [1.54, 1.807) is 7.11 Å². The Bertz CT molecular complexity index is 255. The molecule has 126 valence electrons. The first kappa shape index (κ1) is 20.8. The van der Waals surface area contributed by atoms with Crippen LogP contribution in [0.5, 0.6) is 0 Å². The average molecular weight is 317 g/mol. The van der Waals surface area contributed by atoms with E-state index >= 15 is 0 Å². The molecule has 0 saturated heterocycles. The van der Waals surface area contributed by atoms with Crippen LogP contribution >= 0.6 is 0 Å². The highest BCUT2D eigenvalue weighted by molar-refractivity contribution is 6.77. The Morgan fingerprint density at radius 1 is 0.952 bits per heavy atom. The van der Waals surface area contributed by atoms with Gasteiger partial charge in [-0.15, -0.1) is 0 Å². The second kappa shape index (κ2) is 10.5. The first-order valence-corrected chi connectivity index (χ1v) is 10.6. The molecule has 3 nitrogen and oxygen atoms in total. The normalized spacial score (nSPS) is 14.2. The fraction of sp³-hybridized carbons (Fsp3) is 0.941. The molecule has 4 heteroatoms. The lowest BCUT2D eigenvalue weighted by molar-refractivity contribution is -0.110. The summed E-state index contributed by atoms with van der Waals surface area (Å²) in [5, 5.41) is 0. The number of methoxy groups -OCH3 is 1. The van der Waals surface area contributed by atoms with Crippen molar-refractivity contribution in [3.8, 4) is 0 Å². The molecule has 0 aliphatic heterocycles. The number of carbonyl (C=O) groups is 1. The SMILES string of the molecule is CO[C@@H](CC=O)CCCCO[Si](C(C)C)(C(C)C)C(C)C. The van der Waals surface area contributed by atoms with Crippen LogP contribution in [0.1, 0.15) is 67.2 Å². The topological polar surface area (TPSA) is 35.5 Å². The van der Waals surface area contributed by atoms with Gasteiger partial charge in [0.1, 0.15) is 6.29 Å². The van der Waals surface area contributed by atoms with Crippen molar-refractivity contribution in [2.24, 2.45) is 0 Å². The second-order valence-electron chi connectivity index (χ2n) is 6.92. The Morgan fingerprint density at radius 2 is 1.48 bits per heavy atom. The van der Waals surface area contributed by atoms with Crippen LogP contribution in [-0.2, 0) is 14.0 Å². The Morgan fingerprint density at radius 3 is 1.86 bits per heavy atom. The van der Waals surface area contributed by atoms with Gasteiger partial charge in [-0.1, -0.05) is 41.5 Å². The monoisotopic (exact) mass is 316 g/mol. The van der Waals surface area contributed by atoms with Gasteiger partial charge in [-0.2, -0.15) is 0 Å². The minimum Gasteiger partial charge on any atom is -0.416 e. The highest BCUT2D eigenvalue weighted by Crippen LogP contribution is 2.42. The number of rotatable bonds is 12. The molecular formula is C17H36O3Si. The van der Waals surface area contributed by atoms with Crippen LogP contribution in [0.3, 0.4) is 0 Å². The predicted molar refractivity (Wildman–Crippen MR) is 92.3 cm³/mol. The zero-order chi connectivity index (χ0) is 16.5. The number of carbonyl (C=O) groups excluding carboxylic acids is 1. The van der Waals surface area contributed by atoms with Crippen molar-refractivity contribution >= 4 is 14.6 Å². The molecule has 0 aromatic rings. The molecule has 0 aliphatic rings. The minimum atomic E-state index is -1.72. The van der Waals surface area contributed by atoms with Crippen LogP contribution in [0.15, 0.2) is 0 Å². The number of unbranched alkanes of at least 4 members (excludes halogenated alkanes) is 1. The summed E-state index contributed by atoms with van der Waals surface area (Å²) in [6, 6.07) is 0. The summed E-state index contributed by atoms with van der Waals surface area (Å²) in [7, 11) is -0.0362. The highest BCUT2D eigenvalue weighted by Gasteiger charge is 2.44. The van der Waals surface area contributed by atoms with Crippen molar-refractivity contribution in [1.82, 2.24) is 0 Å². The molecule has 0 unspecified atom stereocenters. The van der Waals surface area contributed by atoms with Gasteiger partial charge in [-0.05, 0) is 35.9 Å². The lowest BCUT2D eigenvalue weighted by atomic mass is 10.1. The van der Waals surface area contributed by atoms with Crippen molar-refractivity contribution in [1.29, 1.82) is 0 Å². The van der Waals surface area contributed by atoms with Gasteiger partial charge in [-0.25, -0.2) is 0 Å².